The largest absolute Gasteiger partial charge is 0.349 e. The molecule has 5 nitrogen and oxygen atoms in total. The van der Waals surface area contributed by atoms with Crippen molar-refractivity contribution < 1.29 is 4.79 Å². The Labute approximate surface area is 136 Å². The molecule has 1 fully saturated rings. The van der Waals surface area contributed by atoms with Crippen molar-refractivity contribution in [2.45, 2.75) is 25.3 Å². The van der Waals surface area contributed by atoms with E-state index in [0.717, 1.165) is 24.9 Å². The Hall–Kier alpha value is -1.30. The number of halogens is 2. The molecule has 0 saturated heterocycles. The van der Waals surface area contributed by atoms with E-state index < -0.39 is 0 Å². The third-order valence-electron chi connectivity index (χ3n) is 3.93. The van der Waals surface area contributed by atoms with E-state index in [2.05, 4.69) is 10.3 Å². The summed E-state index contributed by atoms with van der Waals surface area (Å²) in [4.78, 5) is 16.4. The molecule has 116 valence electrons. The monoisotopic (exact) mass is 330 g/mol. The summed E-state index contributed by atoms with van der Waals surface area (Å²) in [6.45, 7) is 0.644. The number of aromatic nitrogens is 2. The Morgan fingerprint density at radius 2 is 2.19 bits per heavy atom. The average molecular weight is 331 g/mol. The number of fused-ring (bicyclic) bond motifs is 1. The highest BCUT2D eigenvalue weighted by atomic mass is 35.5. The summed E-state index contributed by atoms with van der Waals surface area (Å²) in [7, 11) is 0. The number of pyridine rings is 1. The van der Waals surface area contributed by atoms with Crippen molar-refractivity contribution in [3.63, 3.8) is 0 Å². The SMILES string of the molecule is Cl.Cl.NCC1CCCC1NC(=O)c1ccc2nccn2c1. The van der Waals surface area contributed by atoms with Crippen molar-refractivity contribution in [1.29, 1.82) is 0 Å². The topological polar surface area (TPSA) is 72.4 Å². The number of nitrogens with two attached hydrogens (primary N) is 1. The molecule has 0 radical (unpaired) electrons. The van der Waals surface area contributed by atoms with Gasteiger partial charge in [-0.05, 0) is 37.4 Å². The second-order valence-electron chi connectivity index (χ2n) is 5.12. The molecular formula is C14H20Cl2N4O. The summed E-state index contributed by atoms with van der Waals surface area (Å²) in [5.74, 6) is 0.391. The first-order valence-corrected chi connectivity index (χ1v) is 6.71. The van der Waals surface area contributed by atoms with E-state index in [1.54, 1.807) is 6.20 Å². The standard InChI is InChI=1S/C14H18N4O.2ClH/c15-8-10-2-1-3-12(10)17-14(19)11-4-5-13-16-6-7-18(13)9-11;;/h4-7,9-10,12H,1-3,8,15H2,(H,17,19);2*1H. The van der Waals surface area contributed by atoms with Crippen LogP contribution in [0.15, 0.2) is 30.7 Å². The van der Waals surface area contributed by atoms with E-state index in [9.17, 15) is 4.79 Å². The van der Waals surface area contributed by atoms with Crippen LogP contribution in [-0.4, -0.2) is 27.9 Å². The zero-order chi connectivity index (χ0) is 13.2. The first kappa shape index (κ1) is 17.8. The van der Waals surface area contributed by atoms with E-state index in [1.807, 2.05) is 28.9 Å². The molecule has 2 aromatic heterocycles. The Balaban J connectivity index is 0.00000110. The lowest BCUT2D eigenvalue weighted by Crippen LogP contribution is -2.39. The zero-order valence-corrected chi connectivity index (χ0v) is 13.2. The molecule has 1 amide bonds. The fourth-order valence-corrected chi connectivity index (χ4v) is 2.82. The molecule has 0 aromatic carbocycles. The van der Waals surface area contributed by atoms with Crippen molar-refractivity contribution >= 4 is 36.4 Å². The summed E-state index contributed by atoms with van der Waals surface area (Å²) in [5.41, 5.74) is 7.24. The predicted octanol–water partition coefficient (Wildman–Crippen LogP) is 2.04. The molecule has 3 N–H and O–H groups in total. The Bertz CT molecular complexity index is 601. The highest BCUT2D eigenvalue weighted by Crippen LogP contribution is 2.24. The summed E-state index contributed by atoms with van der Waals surface area (Å²) < 4.78 is 1.85. The summed E-state index contributed by atoms with van der Waals surface area (Å²) in [6.07, 6.45) is 8.66. The molecule has 2 heterocycles. The third kappa shape index (κ3) is 3.67. The smallest absolute Gasteiger partial charge is 0.253 e. The quantitative estimate of drug-likeness (QED) is 0.904. The minimum absolute atomic E-state index is 0. The lowest BCUT2D eigenvalue weighted by molar-refractivity contribution is 0.0928. The first-order valence-electron chi connectivity index (χ1n) is 6.71. The van der Waals surface area contributed by atoms with E-state index in [0.29, 0.717) is 18.0 Å². The van der Waals surface area contributed by atoms with Crippen molar-refractivity contribution in [3.05, 3.63) is 36.3 Å². The molecule has 7 heteroatoms. The highest BCUT2D eigenvalue weighted by molar-refractivity contribution is 5.94. The molecular weight excluding hydrogens is 311 g/mol. The van der Waals surface area contributed by atoms with Gasteiger partial charge in [-0.15, -0.1) is 24.8 Å². The second kappa shape index (κ2) is 7.64. The van der Waals surface area contributed by atoms with Gasteiger partial charge in [-0.25, -0.2) is 4.98 Å². The van der Waals surface area contributed by atoms with Crippen LogP contribution in [0.4, 0.5) is 0 Å². The minimum Gasteiger partial charge on any atom is -0.349 e. The lowest BCUT2D eigenvalue weighted by Gasteiger charge is -2.19. The fraction of sp³-hybridized carbons (Fsp3) is 0.429. The molecule has 2 atom stereocenters. The van der Waals surface area contributed by atoms with E-state index in [4.69, 9.17) is 5.73 Å². The average Bonchev–Trinajstić information content (AvgIpc) is 3.05. The molecule has 21 heavy (non-hydrogen) atoms. The number of carbonyl (C=O) groups is 1. The van der Waals surface area contributed by atoms with Gasteiger partial charge >= 0.3 is 0 Å². The van der Waals surface area contributed by atoms with Gasteiger partial charge in [0.25, 0.3) is 5.91 Å². The number of amides is 1. The molecule has 0 aliphatic heterocycles. The van der Waals surface area contributed by atoms with Crippen LogP contribution in [0.3, 0.4) is 0 Å². The van der Waals surface area contributed by atoms with Gasteiger partial charge in [0.05, 0.1) is 5.56 Å². The molecule has 2 unspecified atom stereocenters. The number of nitrogens with zero attached hydrogens (tertiary/aromatic N) is 2. The molecule has 1 aliphatic rings. The Morgan fingerprint density at radius 1 is 1.38 bits per heavy atom. The number of rotatable bonds is 3. The van der Waals surface area contributed by atoms with Gasteiger partial charge < -0.3 is 15.5 Å². The highest BCUT2D eigenvalue weighted by Gasteiger charge is 2.27. The van der Waals surface area contributed by atoms with Crippen LogP contribution in [0, 0.1) is 5.92 Å². The van der Waals surface area contributed by atoms with Gasteiger partial charge in [-0.2, -0.15) is 0 Å². The second-order valence-corrected chi connectivity index (χ2v) is 5.12. The van der Waals surface area contributed by atoms with E-state index in [-0.39, 0.29) is 36.8 Å². The van der Waals surface area contributed by atoms with Crippen molar-refractivity contribution in [1.82, 2.24) is 14.7 Å². The van der Waals surface area contributed by atoms with Crippen molar-refractivity contribution in [3.8, 4) is 0 Å². The van der Waals surface area contributed by atoms with Crippen LogP contribution in [0.2, 0.25) is 0 Å². The van der Waals surface area contributed by atoms with Crippen LogP contribution >= 0.6 is 24.8 Å². The lowest BCUT2D eigenvalue weighted by atomic mass is 10.0. The molecule has 0 spiro atoms. The van der Waals surface area contributed by atoms with Crippen LogP contribution in [0.1, 0.15) is 29.6 Å². The maximum absolute atomic E-state index is 12.2. The van der Waals surface area contributed by atoms with Crippen LogP contribution in [0.25, 0.3) is 5.65 Å². The third-order valence-corrected chi connectivity index (χ3v) is 3.93. The number of hydrogen-bond acceptors (Lipinski definition) is 3. The fourth-order valence-electron chi connectivity index (χ4n) is 2.82. The summed E-state index contributed by atoms with van der Waals surface area (Å²) in [6, 6.07) is 3.88. The molecule has 1 saturated carbocycles. The maximum atomic E-state index is 12.2. The van der Waals surface area contributed by atoms with Crippen LogP contribution < -0.4 is 11.1 Å². The van der Waals surface area contributed by atoms with Crippen LogP contribution in [0.5, 0.6) is 0 Å². The first-order chi connectivity index (χ1) is 9.28. The maximum Gasteiger partial charge on any atom is 0.253 e. The predicted molar refractivity (Wildman–Crippen MR) is 87.3 cm³/mol. The number of nitrogens with one attached hydrogen (secondary N) is 1. The Morgan fingerprint density at radius 3 is 2.95 bits per heavy atom. The summed E-state index contributed by atoms with van der Waals surface area (Å²) >= 11 is 0. The molecule has 0 bridgehead atoms. The van der Waals surface area contributed by atoms with Gasteiger partial charge in [0.15, 0.2) is 0 Å². The zero-order valence-electron chi connectivity index (χ0n) is 11.6. The van der Waals surface area contributed by atoms with Crippen LogP contribution in [-0.2, 0) is 0 Å². The van der Waals surface area contributed by atoms with Gasteiger partial charge in [-0.1, -0.05) is 6.42 Å². The van der Waals surface area contributed by atoms with E-state index in [1.165, 1.54) is 0 Å². The van der Waals surface area contributed by atoms with E-state index >= 15 is 0 Å². The Kier molecular flexibility index (Phi) is 6.45. The minimum atomic E-state index is -0.0269. The molecule has 2 aromatic rings. The summed E-state index contributed by atoms with van der Waals surface area (Å²) in [5, 5.41) is 3.10. The van der Waals surface area contributed by atoms with Crippen molar-refractivity contribution in [2.24, 2.45) is 11.7 Å². The van der Waals surface area contributed by atoms with Gasteiger partial charge in [0.2, 0.25) is 0 Å². The van der Waals surface area contributed by atoms with Gasteiger partial charge in [0.1, 0.15) is 5.65 Å². The number of imidazole rings is 1. The van der Waals surface area contributed by atoms with Gasteiger partial charge in [-0.3, -0.25) is 4.79 Å². The number of hydrogen-bond donors (Lipinski definition) is 2. The number of carbonyl (C=O) groups excluding carboxylic acids is 1. The van der Waals surface area contributed by atoms with Gasteiger partial charge in [0, 0.05) is 24.6 Å². The molecule has 1 aliphatic carbocycles. The normalized spacial score (nSPS) is 20.6. The van der Waals surface area contributed by atoms with Crippen molar-refractivity contribution in [2.75, 3.05) is 6.54 Å². The molecule has 3 rings (SSSR count).